The van der Waals surface area contributed by atoms with Crippen LogP contribution in [0.5, 0.6) is 5.75 Å². The van der Waals surface area contributed by atoms with Crippen LogP contribution in [0.3, 0.4) is 0 Å². The van der Waals surface area contributed by atoms with Gasteiger partial charge in [-0.25, -0.2) is 0 Å². The van der Waals surface area contributed by atoms with Gasteiger partial charge in [0, 0.05) is 19.0 Å². The molecule has 3 rings (SSSR count). The molecule has 16 heavy (non-hydrogen) atoms. The van der Waals surface area contributed by atoms with Crippen LogP contribution in [0.25, 0.3) is 0 Å². The van der Waals surface area contributed by atoms with E-state index < -0.39 is 0 Å². The van der Waals surface area contributed by atoms with Crippen LogP contribution in [0.15, 0.2) is 24.3 Å². The lowest BCUT2D eigenvalue weighted by Crippen LogP contribution is -2.45. The fraction of sp³-hybridized carbons (Fsp3) is 0.538. The molecule has 2 atom stereocenters. The molecule has 0 spiro atoms. The standard InChI is InChI=1S/C13H17NO2/c1-2-4-12-10(3-1)7-11(9-16-12)13-8-14-5-6-15-13/h1-4,11,13-14H,5-9H2. The van der Waals surface area contributed by atoms with Gasteiger partial charge in [0.15, 0.2) is 0 Å². The zero-order valence-corrected chi connectivity index (χ0v) is 9.32. The first-order valence-electron chi connectivity index (χ1n) is 5.96. The topological polar surface area (TPSA) is 30.5 Å². The van der Waals surface area contributed by atoms with Crippen LogP contribution in [0, 0.1) is 5.92 Å². The lowest BCUT2D eigenvalue weighted by Gasteiger charge is -2.34. The van der Waals surface area contributed by atoms with Crippen LogP contribution in [-0.4, -0.2) is 32.4 Å². The van der Waals surface area contributed by atoms with Crippen molar-refractivity contribution in [3.05, 3.63) is 29.8 Å². The van der Waals surface area contributed by atoms with Crippen LogP contribution in [0.4, 0.5) is 0 Å². The minimum absolute atomic E-state index is 0.308. The molecule has 0 bridgehead atoms. The molecule has 0 saturated carbocycles. The normalized spacial score (nSPS) is 29.2. The van der Waals surface area contributed by atoms with Crippen molar-refractivity contribution in [2.24, 2.45) is 5.92 Å². The zero-order valence-electron chi connectivity index (χ0n) is 9.32. The summed E-state index contributed by atoms with van der Waals surface area (Å²) >= 11 is 0. The average Bonchev–Trinajstić information content (AvgIpc) is 2.39. The Kier molecular flexibility index (Phi) is 2.80. The third-order valence-corrected chi connectivity index (χ3v) is 3.39. The lowest BCUT2D eigenvalue weighted by atomic mass is 9.91. The fourth-order valence-electron chi connectivity index (χ4n) is 2.48. The van der Waals surface area contributed by atoms with Gasteiger partial charge in [0.05, 0.1) is 19.3 Å². The molecule has 0 radical (unpaired) electrons. The van der Waals surface area contributed by atoms with E-state index >= 15 is 0 Å². The first kappa shape index (κ1) is 10.1. The number of hydrogen-bond acceptors (Lipinski definition) is 3. The van der Waals surface area contributed by atoms with E-state index in [-0.39, 0.29) is 0 Å². The second-order valence-corrected chi connectivity index (χ2v) is 4.50. The van der Waals surface area contributed by atoms with E-state index in [0.29, 0.717) is 12.0 Å². The minimum Gasteiger partial charge on any atom is -0.493 e. The number of morpholine rings is 1. The molecule has 2 aliphatic heterocycles. The monoisotopic (exact) mass is 219 g/mol. The summed E-state index contributed by atoms with van der Waals surface area (Å²) in [6, 6.07) is 8.30. The van der Waals surface area contributed by atoms with Gasteiger partial charge < -0.3 is 14.8 Å². The summed E-state index contributed by atoms with van der Waals surface area (Å²) in [6.45, 7) is 3.53. The zero-order chi connectivity index (χ0) is 10.8. The second kappa shape index (κ2) is 4.44. The van der Waals surface area contributed by atoms with Crippen LogP contribution in [0.2, 0.25) is 0 Å². The fourth-order valence-corrected chi connectivity index (χ4v) is 2.48. The summed E-state index contributed by atoms with van der Waals surface area (Å²) in [6.07, 6.45) is 1.38. The highest BCUT2D eigenvalue weighted by atomic mass is 16.5. The van der Waals surface area contributed by atoms with Gasteiger partial charge in [-0.1, -0.05) is 18.2 Å². The van der Waals surface area contributed by atoms with Crippen molar-refractivity contribution in [2.45, 2.75) is 12.5 Å². The first-order chi connectivity index (χ1) is 7.93. The van der Waals surface area contributed by atoms with Crippen molar-refractivity contribution < 1.29 is 9.47 Å². The third-order valence-electron chi connectivity index (χ3n) is 3.39. The van der Waals surface area contributed by atoms with Crippen molar-refractivity contribution in [1.82, 2.24) is 5.32 Å². The highest BCUT2D eigenvalue weighted by Gasteiger charge is 2.29. The molecule has 2 unspecified atom stereocenters. The van der Waals surface area contributed by atoms with Crippen LogP contribution in [-0.2, 0) is 11.2 Å². The van der Waals surface area contributed by atoms with Crippen LogP contribution >= 0.6 is 0 Å². The molecule has 2 heterocycles. The van der Waals surface area contributed by atoms with Crippen molar-refractivity contribution in [3.63, 3.8) is 0 Å². The van der Waals surface area contributed by atoms with Crippen molar-refractivity contribution >= 4 is 0 Å². The Balaban J connectivity index is 1.72. The molecule has 1 aromatic rings. The van der Waals surface area contributed by atoms with E-state index in [0.717, 1.165) is 38.5 Å². The van der Waals surface area contributed by atoms with E-state index in [4.69, 9.17) is 9.47 Å². The highest BCUT2D eigenvalue weighted by molar-refractivity contribution is 5.35. The van der Waals surface area contributed by atoms with Gasteiger partial charge in [0.2, 0.25) is 0 Å². The maximum absolute atomic E-state index is 5.79. The Labute approximate surface area is 95.8 Å². The molecule has 2 aliphatic rings. The summed E-state index contributed by atoms with van der Waals surface area (Å²) in [5.41, 5.74) is 1.31. The Morgan fingerprint density at radius 2 is 2.19 bits per heavy atom. The molecule has 86 valence electrons. The summed E-state index contributed by atoms with van der Waals surface area (Å²) < 4.78 is 11.6. The summed E-state index contributed by atoms with van der Waals surface area (Å²) in [5, 5.41) is 3.38. The molecule has 1 aromatic carbocycles. The largest absolute Gasteiger partial charge is 0.493 e. The second-order valence-electron chi connectivity index (χ2n) is 4.50. The predicted molar refractivity (Wildman–Crippen MR) is 61.7 cm³/mol. The maximum atomic E-state index is 5.79. The van der Waals surface area contributed by atoms with Gasteiger partial charge in [0.25, 0.3) is 0 Å². The number of nitrogens with one attached hydrogen (secondary N) is 1. The van der Waals surface area contributed by atoms with E-state index in [1.807, 2.05) is 12.1 Å². The molecule has 1 N–H and O–H groups in total. The molecule has 3 heteroatoms. The molecular formula is C13H17NO2. The van der Waals surface area contributed by atoms with E-state index in [2.05, 4.69) is 17.4 Å². The van der Waals surface area contributed by atoms with Crippen molar-refractivity contribution in [2.75, 3.05) is 26.3 Å². The Morgan fingerprint density at radius 3 is 3.06 bits per heavy atom. The number of rotatable bonds is 1. The summed E-state index contributed by atoms with van der Waals surface area (Å²) in [4.78, 5) is 0. The van der Waals surface area contributed by atoms with Crippen molar-refractivity contribution in [1.29, 1.82) is 0 Å². The van der Waals surface area contributed by atoms with Gasteiger partial charge in [-0.05, 0) is 18.1 Å². The molecule has 3 nitrogen and oxygen atoms in total. The molecule has 1 saturated heterocycles. The van der Waals surface area contributed by atoms with Crippen LogP contribution in [0.1, 0.15) is 5.56 Å². The smallest absolute Gasteiger partial charge is 0.122 e. The Hall–Kier alpha value is -1.06. The van der Waals surface area contributed by atoms with Gasteiger partial charge in [-0.3, -0.25) is 0 Å². The maximum Gasteiger partial charge on any atom is 0.122 e. The summed E-state index contributed by atoms with van der Waals surface area (Å²) in [7, 11) is 0. The van der Waals surface area contributed by atoms with Gasteiger partial charge >= 0.3 is 0 Å². The highest BCUT2D eigenvalue weighted by Crippen LogP contribution is 2.29. The number of hydrogen-bond donors (Lipinski definition) is 1. The number of fused-ring (bicyclic) bond motifs is 1. The molecule has 1 fully saturated rings. The quantitative estimate of drug-likeness (QED) is 0.770. The Bertz CT molecular complexity index is 361. The predicted octanol–water partition coefficient (Wildman–Crippen LogP) is 1.23. The molecule has 0 aromatic heterocycles. The van der Waals surface area contributed by atoms with Gasteiger partial charge in [-0.2, -0.15) is 0 Å². The van der Waals surface area contributed by atoms with Gasteiger partial charge in [-0.15, -0.1) is 0 Å². The Morgan fingerprint density at radius 1 is 1.25 bits per heavy atom. The molecular weight excluding hydrogens is 202 g/mol. The SMILES string of the molecule is c1ccc2c(c1)CC(C1CNCCO1)CO2. The van der Waals surface area contributed by atoms with Gasteiger partial charge in [0.1, 0.15) is 5.75 Å². The number of para-hydroxylation sites is 1. The first-order valence-corrected chi connectivity index (χ1v) is 5.96. The lowest BCUT2D eigenvalue weighted by molar-refractivity contribution is -0.0255. The summed E-state index contributed by atoms with van der Waals surface area (Å²) in [5.74, 6) is 1.53. The number of benzene rings is 1. The number of ether oxygens (including phenoxy) is 2. The van der Waals surface area contributed by atoms with Crippen LogP contribution < -0.4 is 10.1 Å². The molecule has 0 aliphatic carbocycles. The minimum atomic E-state index is 0.308. The molecule has 0 amide bonds. The van der Waals surface area contributed by atoms with E-state index in [9.17, 15) is 0 Å². The van der Waals surface area contributed by atoms with E-state index in [1.165, 1.54) is 5.56 Å². The average molecular weight is 219 g/mol. The van der Waals surface area contributed by atoms with E-state index in [1.54, 1.807) is 0 Å². The third kappa shape index (κ3) is 1.93. The van der Waals surface area contributed by atoms with Crippen molar-refractivity contribution in [3.8, 4) is 5.75 Å².